The Kier molecular flexibility index (Phi) is 8.62. The van der Waals surface area contributed by atoms with E-state index in [-0.39, 0.29) is 17.7 Å². The van der Waals surface area contributed by atoms with Crippen LogP contribution in [0.5, 0.6) is 0 Å². The maximum Gasteiger partial charge on any atom is 0.246 e. The molecule has 25 heavy (non-hydrogen) atoms. The molecule has 1 fully saturated rings. The molecule has 1 heterocycles. The molecule has 0 spiro atoms. The van der Waals surface area contributed by atoms with Crippen LogP contribution >= 0.6 is 0 Å². The number of ketones is 1. The monoisotopic (exact) mass is 347 g/mol. The van der Waals surface area contributed by atoms with Gasteiger partial charge in [-0.3, -0.25) is 9.59 Å². The van der Waals surface area contributed by atoms with Crippen molar-refractivity contribution in [2.24, 2.45) is 0 Å². The molecule has 5 nitrogen and oxygen atoms in total. The minimum atomic E-state index is -0.000263. The molecule has 1 aliphatic rings. The number of carbonyl (C=O) groups is 2. The summed E-state index contributed by atoms with van der Waals surface area (Å²) in [6, 6.07) is 0.0240. The van der Waals surface area contributed by atoms with Gasteiger partial charge in [-0.15, -0.1) is 0 Å². The van der Waals surface area contributed by atoms with Crippen LogP contribution in [0.2, 0.25) is 0 Å². The number of unbranched alkanes of at least 4 members (excludes halogenated alkanes) is 1. The van der Waals surface area contributed by atoms with Gasteiger partial charge in [-0.25, -0.2) is 0 Å². The second kappa shape index (κ2) is 10.2. The fourth-order valence-electron chi connectivity index (χ4n) is 2.78. The minimum Gasteiger partial charge on any atom is -0.339 e. The zero-order chi connectivity index (χ0) is 19.0. The third kappa shape index (κ3) is 6.16. The van der Waals surface area contributed by atoms with Gasteiger partial charge in [0.1, 0.15) is 0 Å². The third-order valence-corrected chi connectivity index (χ3v) is 4.49. The average molecular weight is 348 g/mol. The number of hydrogen-bond donors (Lipinski definition) is 0. The van der Waals surface area contributed by atoms with Gasteiger partial charge in [-0.05, 0) is 26.9 Å². The van der Waals surface area contributed by atoms with Gasteiger partial charge < -0.3 is 14.7 Å². The Morgan fingerprint density at radius 2 is 2.04 bits per heavy atom. The number of nitrogens with zero attached hydrogens (tertiary/aromatic N) is 3. The molecule has 140 valence electrons. The molecule has 1 saturated heterocycles. The lowest BCUT2D eigenvalue weighted by Crippen LogP contribution is -2.52. The normalized spacial score (nSPS) is 19.2. The van der Waals surface area contributed by atoms with Crippen LogP contribution in [0.15, 0.2) is 36.2 Å². The van der Waals surface area contributed by atoms with Crippen molar-refractivity contribution < 1.29 is 9.59 Å². The number of hydrogen-bond acceptors (Lipinski definition) is 4. The van der Waals surface area contributed by atoms with Crippen LogP contribution in [0.4, 0.5) is 0 Å². The van der Waals surface area contributed by atoms with Crippen molar-refractivity contribution in [1.29, 1.82) is 0 Å². The summed E-state index contributed by atoms with van der Waals surface area (Å²) in [6.45, 7) is 14.6. The summed E-state index contributed by atoms with van der Waals surface area (Å²) in [5.41, 5.74) is 1.49. The summed E-state index contributed by atoms with van der Waals surface area (Å²) in [5, 5.41) is 0. The van der Waals surface area contributed by atoms with E-state index in [2.05, 4.69) is 25.3 Å². The Morgan fingerprint density at radius 3 is 2.60 bits per heavy atom. The second-order valence-corrected chi connectivity index (χ2v) is 6.68. The van der Waals surface area contributed by atoms with Crippen molar-refractivity contribution in [2.75, 3.05) is 33.2 Å². The zero-order valence-corrected chi connectivity index (χ0v) is 16.4. The molecule has 0 radical (unpaired) electrons. The first kappa shape index (κ1) is 21.2. The first-order valence-corrected chi connectivity index (χ1v) is 9.13. The van der Waals surface area contributed by atoms with E-state index in [1.807, 2.05) is 35.9 Å². The highest BCUT2D eigenvalue weighted by molar-refractivity contribution is 5.93. The molecule has 1 rings (SSSR count). The van der Waals surface area contributed by atoms with Gasteiger partial charge in [0, 0.05) is 37.8 Å². The van der Waals surface area contributed by atoms with E-state index in [9.17, 15) is 9.59 Å². The summed E-state index contributed by atoms with van der Waals surface area (Å²) < 4.78 is 0. The van der Waals surface area contributed by atoms with Crippen molar-refractivity contribution in [3.63, 3.8) is 0 Å². The van der Waals surface area contributed by atoms with E-state index >= 15 is 0 Å². The van der Waals surface area contributed by atoms with E-state index in [0.29, 0.717) is 18.8 Å². The van der Waals surface area contributed by atoms with Crippen LogP contribution in [0, 0.1) is 0 Å². The van der Waals surface area contributed by atoms with Gasteiger partial charge in [0.2, 0.25) is 5.91 Å². The molecule has 1 unspecified atom stereocenters. The highest BCUT2D eigenvalue weighted by atomic mass is 16.2. The standard InChI is InChI=1S/C20H33N3O2/c1-7-9-11-19(18(5)24)22-14-17(4)23(15-16(22)3)20(25)12-10-13-21(6)8-2/h10-12,17H,3,7-9,13-15H2,1-2,4-6H3/b12-10+,19-11-. The summed E-state index contributed by atoms with van der Waals surface area (Å²) in [7, 11) is 2.02. The number of carbonyl (C=O) groups excluding carboxylic acids is 2. The predicted octanol–water partition coefficient (Wildman–Crippen LogP) is 2.81. The number of rotatable bonds is 8. The van der Waals surface area contributed by atoms with Gasteiger partial charge >= 0.3 is 0 Å². The van der Waals surface area contributed by atoms with Crippen molar-refractivity contribution in [3.05, 3.63) is 36.2 Å². The summed E-state index contributed by atoms with van der Waals surface area (Å²) >= 11 is 0. The lowest BCUT2D eigenvalue weighted by Gasteiger charge is -2.42. The van der Waals surface area contributed by atoms with Crippen molar-refractivity contribution >= 4 is 11.7 Å². The van der Waals surface area contributed by atoms with Gasteiger partial charge in [0.05, 0.1) is 12.2 Å². The molecule has 5 heteroatoms. The van der Waals surface area contributed by atoms with Crippen molar-refractivity contribution in [3.8, 4) is 0 Å². The first-order chi connectivity index (χ1) is 11.8. The number of likely N-dealkylation sites (N-methyl/N-ethyl adjacent to an activating group) is 1. The summed E-state index contributed by atoms with van der Waals surface area (Å²) in [6.07, 6.45) is 7.39. The predicted molar refractivity (Wildman–Crippen MR) is 103 cm³/mol. The molecular weight excluding hydrogens is 314 g/mol. The lowest BCUT2D eigenvalue weighted by atomic mass is 10.1. The van der Waals surface area contributed by atoms with Gasteiger partial charge in [-0.1, -0.05) is 39.0 Å². The Bertz CT molecular complexity index is 551. The van der Waals surface area contributed by atoms with Gasteiger partial charge in [0.15, 0.2) is 5.78 Å². The lowest BCUT2D eigenvalue weighted by molar-refractivity contribution is -0.129. The first-order valence-electron chi connectivity index (χ1n) is 9.13. The smallest absolute Gasteiger partial charge is 0.246 e. The van der Waals surface area contributed by atoms with E-state index in [0.717, 1.165) is 31.6 Å². The van der Waals surface area contributed by atoms with E-state index in [1.54, 1.807) is 13.0 Å². The largest absolute Gasteiger partial charge is 0.339 e. The van der Waals surface area contributed by atoms with Crippen LogP contribution in [0.25, 0.3) is 0 Å². The Hall–Kier alpha value is -1.88. The molecule has 1 atom stereocenters. The Labute approximate surface area is 152 Å². The van der Waals surface area contributed by atoms with Gasteiger partial charge in [0.25, 0.3) is 0 Å². The molecule has 0 aromatic heterocycles. The van der Waals surface area contributed by atoms with Crippen LogP contribution in [-0.2, 0) is 9.59 Å². The van der Waals surface area contributed by atoms with E-state index in [4.69, 9.17) is 0 Å². The summed E-state index contributed by atoms with van der Waals surface area (Å²) in [4.78, 5) is 30.4. The van der Waals surface area contributed by atoms with Crippen LogP contribution in [0.1, 0.15) is 40.5 Å². The molecule has 0 aliphatic carbocycles. The molecule has 0 N–H and O–H groups in total. The molecule has 0 bridgehead atoms. The number of piperazine rings is 1. The van der Waals surface area contributed by atoms with Crippen molar-refractivity contribution in [1.82, 2.24) is 14.7 Å². The number of amides is 1. The molecule has 0 aromatic rings. The fourth-order valence-corrected chi connectivity index (χ4v) is 2.78. The molecule has 0 saturated carbocycles. The molecular formula is C20H33N3O2. The van der Waals surface area contributed by atoms with Gasteiger partial charge in [-0.2, -0.15) is 0 Å². The van der Waals surface area contributed by atoms with E-state index in [1.165, 1.54) is 0 Å². The maximum absolute atomic E-state index is 12.5. The number of Topliss-reactive ketones (excluding diaryl/α,β-unsaturated/α-hetero) is 1. The van der Waals surface area contributed by atoms with Crippen LogP contribution in [-0.4, -0.2) is 65.7 Å². The van der Waals surface area contributed by atoms with Crippen LogP contribution in [0.3, 0.4) is 0 Å². The molecule has 1 aliphatic heterocycles. The van der Waals surface area contributed by atoms with E-state index < -0.39 is 0 Å². The Balaban J connectivity index is 2.79. The summed E-state index contributed by atoms with van der Waals surface area (Å²) in [5.74, 6) is 0.0452. The average Bonchev–Trinajstić information content (AvgIpc) is 2.57. The number of allylic oxidation sites excluding steroid dienone is 2. The SMILES string of the molecule is C=C1CN(C(=O)/C=C/CN(C)CC)C(C)CN1/C(=C\CCC)C(C)=O. The molecule has 0 aromatic carbocycles. The highest BCUT2D eigenvalue weighted by Crippen LogP contribution is 2.23. The highest BCUT2D eigenvalue weighted by Gasteiger charge is 2.30. The Morgan fingerprint density at radius 1 is 1.36 bits per heavy atom. The molecule has 1 amide bonds. The minimum absolute atomic E-state index is 0.000263. The maximum atomic E-state index is 12.5. The zero-order valence-electron chi connectivity index (χ0n) is 16.4. The topological polar surface area (TPSA) is 43.9 Å². The third-order valence-electron chi connectivity index (χ3n) is 4.49. The second-order valence-electron chi connectivity index (χ2n) is 6.68. The van der Waals surface area contributed by atoms with Crippen LogP contribution < -0.4 is 0 Å². The fraction of sp³-hybridized carbons (Fsp3) is 0.600. The van der Waals surface area contributed by atoms with Crippen molar-refractivity contribution in [2.45, 2.75) is 46.6 Å². The quantitative estimate of drug-likeness (QED) is 0.633.